The first-order valence-corrected chi connectivity index (χ1v) is 9.32. The Morgan fingerprint density at radius 2 is 2.26 bits per heavy atom. The quantitative estimate of drug-likeness (QED) is 0.611. The molecule has 6 nitrogen and oxygen atoms in total. The van der Waals surface area contributed by atoms with Crippen molar-refractivity contribution in [2.45, 2.75) is 38.8 Å². The third kappa shape index (κ3) is 5.35. The minimum atomic E-state index is 0.618. The second kappa shape index (κ2) is 9.08. The lowest BCUT2D eigenvalue weighted by Gasteiger charge is -2.35. The van der Waals surface area contributed by atoms with E-state index < -0.39 is 0 Å². The Kier molecular flexibility index (Phi) is 7.11. The Morgan fingerprint density at radius 1 is 1.43 bits per heavy atom. The molecule has 0 radical (unpaired) electrons. The molecular formula is C16H30N6S. The first kappa shape index (κ1) is 18.0. The van der Waals surface area contributed by atoms with Crippen LogP contribution < -0.4 is 15.5 Å². The van der Waals surface area contributed by atoms with Gasteiger partial charge in [0.2, 0.25) is 0 Å². The first-order valence-electron chi connectivity index (χ1n) is 8.44. The van der Waals surface area contributed by atoms with Gasteiger partial charge in [-0.25, -0.2) is 4.98 Å². The smallest absolute Gasteiger partial charge is 0.191 e. The number of thiazole rings is 1. The number of hydrogen-bond donors (Lipinski definition) is 2. The predicted molar refractivity (Wildman–Crippen MR) is 99.5 cm³/mol. The normalized spacial score (nSPS) is 19.7. The number of anilines is 1. The molecule has 2 heterocycles. The molecule has 1 aliphatic rings. The van der Waals surface area contributed by atoms with E-state index in [9.17, 15) is 0 Å². The molecule has 1 saturated heterocycles. The highest BCUT2D eigenvalue weighted by Gasteiger charge is 2.20. The van der Waals surface area contributed by atoms with Gasteiger partial charge in [-0.3, -0.25) is 9.89 Å². The molecule has 0 spiro atoms. The number of nitrogens with one attached hydrogen (secondary N) is 2. The summed E-state index contributed by atoms with van der Waals surface area (Å²) in [7, 11) is 5.85. The maximum atomic E-state index is 4.58. The van der Waals surface area contributed by atoms with Gasteiger partial charge in [0.05, 0.1) is 12.2 Å². The number of likely N-dealkylation sites (tertiary alicyclic amines) is 1. The van der Waals surface area contributed by atoms with Crippen molar-refractivity contribution in [2.24, 2.45) is 4.99 Å². The van der Waals surface area contributed by atoms with E-state index in [4.69, 9.17) is 0 Å². The van der Waals surface area contributed by atoms with E-state index in [-0.39, 0.29) is 0 Å². The molecular weight excluding hydrogens is 308 g/mol. The topological polar surface area (TPSA) is 55.8 Å². The van der Waals surface area contributed by atoms with Gasteiger partial charge >= 0.3 is 0 Å². The summed E-state index contributed by atoms with van der Waals surface area (Å²) < 4.78 is 0. The molecule has 2 rings (SSSR count). The number of piperidine rings is 1. The van der Waals surface area contributed by atoms with E-state index in [1.54, 1.807) is 11.3 Å². The Labute approximate surface area is 144 Å². The van der Waals surface area contributed by atoms with E-state index in [0.29, 0.717) is 12.6 Å². The summed E-state index contributed by atoms with van der Waals surface area (Å²) in [6.45, 7) is 6.25. The minimum absolute atomic E-state index is 0.618. The SMILES string of the molecule is CCN1CCCCC1CNC(=NC)NCc1csc(N(C)C)n1. The number of hydrogen-bond acceptors (Lipinski definition) is 5. The molecule has 1 aromatic heterocycles. The van der Waals surface area contributed by atoms with Gasteiger partial charge < -0.3 is 15.5 Å². The van der Waals surface area contributed by atoms with Crippen LogP contribution in [0.15, 0.2) is 10.4 Å². The van der Waals surface area contributed by atoms with Crippen LogP contribution in [0.2, 0.25) is 0 Å². The average Bonchev–Trinajstić information content (AvgIpc) is 3.04. The molecule has 1 fully saturated rings. The van der Waals surface area contributed by atoms with Crippen LogP contribution in [0.4, 0.5) is 5.13 Å². The van der Waals surface area contributed by atoms with Crippen LogP contribution in [0.25, 0.3) is 0 Å². The van der Waals surface area contributed by atoms with Gasteiger partial charge in [-0.1, -0.05) is 13.3 Å². The molecule has 1 aromatic rings. The van der Waals surface area contributed by atoms with Gasteiger partial charge in [0.1, 0.15) is 0 Å². The molecule has 2 N–H and O–H groups in total. The van der Waals surface area contributed by atoms with Crippen molar-refractivity contribution < 1.29 is 0 Å². The van der Waals surface area contributed by atoms with Crippen LogP contribution in [0.3, 0.4) is 0 Å². The van der Waals surface area contributed by atoms with Crippen LogP contribution in [0.1, 0.15) is 31.9 Å². The van der Waals surface area contributed by atoms with Crippen molar-refractivity contribution >= 4 is 22.4 Å². The first-order chi connectivity index (χ1) is 11.1. The maximum absolute atomic E-state index is 4.58. The van der Waals surface area contributed by atoms with Gasteiger partial charge in [-0.05, 0) is 25.9 Å². The second-order valence-corrected chi connectivity index (χ2v) is 6.94. The van der Waals surface area contributed by atoms with Gasteiger partial charge in [-0.15, -0.1) is 11.3 Å². The number of rotatable bonds is 6. The molecule has 1 atom stereocenters. The zero-order valence-corrected chi connectivity index (χ0v) is 15.6. The van der Waals surface area contributed by atoms with Crippen molar-refractivity contribution in [3.63, 3.8) is 0 Å². The van der Waals surface area contributed by atoms with Gasteiger partial charge in [0.15, 0.2) is 11.1 Å². The van der Waals surface area contributed by atoms with Crippen molar-refractivity contribution in [3.05, 3.63) is 11.1 Å². The lowest BCUT2D eigenvalue weighted by atomic mass is 10.0. The monoisotopic (exact) mass is 338 g/mol. The fraction of sp³-hybridized carbons (Fsp3) is 0.750. The van der Waals surface area contributed by atoms with Gasteiger partial charge in [0, 0.05) is 39.1 Å². The summed E-state index contributed by atoms with van der Waals surface area (Å²) >= 11 is 1.66. The van der Waals surface area contributed by atoms with Crippen LogP contribution in [0, 0.1) is 0 Å². The van der Waals surface area contributed by atoms with E-state index in [2.05, 4.69) is 37.8 Å². The van der Waals surface area contributed by atoms with Crippen molar-refractivity contribution in [1.29, 1.82) is 0 Å². The zero-order chi connectivity index (χ0) is 16.7. The molecule has 0 aromatic carbocycles. The van der Waals surface area contributed by atoms with Crippen LogP contribution >= 0.6 is 11.3 Å². The van der Waals surface area contributed by atoms with E-state index in [0.717, 1.165) is 29.9 Å². The van der Waals surface area contributed by atoms with Crippen molar-refractivity contribution in [3.8, 4) is 0 Å². The summed E-state index contributed by atoms with van der Waals surface area (Å²) in [6.07, 6.45) is 3.94. The molecule has 0 bridgehead atoms. The molecule has 1 aliphatic heterocycles. The third-order valence-corrected chi connectivity index (χ3v) is 5.30. The number of aliphatic imine (C=N–C) groups is 1. The number of aromatic nitrogens is 1. The Morgan fingerprint density at radius 3 is 2.91 bits per heavy atom. The highest BCUT2D eigenvalue weighted by molar-refractivity contribution is 7.13. The van der Waals surface area contributed by atoms with Gasteiger partial charge in [0.25, 0.3) is 0 Å². The molecule has 0 aliphatic carbocycles. The van der Waals surface area contributed by atoms with Gasteiger partial charge in [-0.2, -0.15) is 0 Å². The summed E-state index contributed by atoms with van der Waals surface area (Å²) in [5.41, 5.74) is 1.05. The molecule has 0 amide bonds. The molecule has 130 valence electrons. The Hall–Kier alpha value is -1.34. The summed E-state index contributed by atoms with van der Waals surface area (Å²) in [5.74, 6) is 0.853. The molecule has 0 saturated carbocycles. The second-order valence-electron chi connectivity index (χ2n) is 6.10. The average molecular weight is 339 g/mol. The van der Waals surface area contributed by atoms with Crippen LogP contribution in [-0.2, 0) is 6.54 Å². The van der Waals surface area contributed by atoms with Crippen LogP contribution in [-0.4, -0.2) is 62.7 Å². The summed E-state index contributed by atoms with van der Waals surface area (Å²) in [4.78, 5) is 13.5. The fourth-order valence-electron chi connectivity index (χ4n) is 2.90. The number of guanidine groups is 1. The molecule has 1 unspecified atom stereocenters. The number of likely N-dealkylation sites (N-methyl/N-ethyl adjacent to an activating group) is 1. The summed E-state index contributed by atoms with van der Waals surface area (Å²) in [6, 6.07) is 0.618. The Balaban J connectivity index is 1.78. The zero-order valence-electron chi connectivity index (χ0n) is 14.8. The van der Waals surface area contributed by atoms with E-state index in [1.165, 1.54) is 25.8 Å². The third-order valence-electron chi connectivity index (χ3n) is 4.24. The standard InChI is InChI=1S/C16H30N6S/c1-5-22-9-7-6-8-14(22)11-19-15(17-2)18-10-13-12-23-16(20-13)21(3)4/h12,14H,5-11H2,1-4H3,(H2,17,18,19). The molecule has 23 heavy (non-hydrogen) atoms. The highest BCUT2D eigenvalue weighted by Crippen LogP contribution is 2.18. The number of nitrogens with zero attached hydrogens (tertiary/aromatic N) is 4. The fourth-order valence-corrected chi connectivity index (χ4v) is 3.66. The predicted octanol–water partition coefficient (Wildman–Crippen LogP) is 1.75. The largest absolute Gasteiger partial charge is 0.355 e. The van der Waals surface area contributed by atoms with E-state index >= 15 is 0 Å². The summed E-state index contributed by atoms with van der Waals surface area (Å²) in [5, 5.41) is 9.95. The lowest BCUT2D eigenvalue weighted by molar-refractivity contribution is 0.157. The van der Waals surface area contributed by atoms with Crippen molar-refractivity contribution in [1.82, 2.24) is 20.5 Å². The lowest BCUT2D eigenvalue weighted by Crippen LogP contribution is -2.48. The maximum Gasteiger partial charge on any atom is 0.191 e. The minimum Gasteiger partial charge on any atom is -0.355 e. The van der Waals surface area contributed by atoms with Crippen molar-refractivity contribution in [2.75, 3.05) is 45.7 Å². The molecule has 7 heteroatoms. The highest BCUT2D eigenvalue weighted by atomic mass is 32.1. The van der Waals surface area contributed by atoms with E-state index in [1.807, 2.05) is 26.0 Å². The Bertz CT molecular complexity index is 499. The van der Waals surface area contributed by atoms with Crippen LogP contribution in [0.5, 0.6) is 0 Å².